The molecule has 7 nitrogen and oxygen atoms in total. The lowest BCUT2D eigenvalue weighted by Gasteiger charge is -2.26. The van der Waals surface area contributed by atoms with Gasteiger partial charge in [-0.2, -0.15) is 23.4 Å². The second kappa shape index (κ2) is 6.38. The first-order valence-electron chi connectivity index (χ1n) is 8.38. The van der Waals surface area contributed by atoms with Gasteiger partial charge in [0.05, 0.1) is 24.0 Å². The number of fused-ring (bicyclic) bond motifs is 1. The summed E-state index contributed by atoms with van der Waals surface area (Å²) < 4.78 is 41.2. The number of nitrogens with one attached hydrogen (secondary N) is 1. The molecule has 2 aromatic heterocycles. The van der Waals surface area contributed by atoms with Crippen LogP contribution in [-0.2, 0) is 32.9 Å². The number of nitrogens with zero attached hydrogens (tertiary/aromatic N) is 5. The van der Waals surface area contributed by atoms with E-state index in [0.29, 0.717) is 43.3 Å². The van der Waals surface area contributed by atoms with Gasteiger partial charge in [0.2, 0.25) is 0 Å². The summed E-state index contributed by atoms with van der Waals surface area (Å²) in [6.07, 6.45) is -2.69. The first-order chi connectivity index (χ1) is 12.8. The first-order valence-corrected chi connectivity index (χ1v) is 8.38. The number of aryl methyl sites for hydroxylation is 1. The first kappa shape index (κ1) is 17.5. The van der Waals surface area contributed by atoms with Gasteiger partial charge in [-0.1, -0.05) is 12.1 Å². The monoisotopic (exact) mass is 378 g/mol. The second-order valence-electron chi connectivity index (χ2n) is 6.53. The van der Waals surface area contributed by atoms with Crippen LogP contribution in [0.3, 0.4) is 0 Å². The quantitative estimate of drug-likeness (QED) is 0.757. The fourth-order valence-corrected chi connectivity index (χ4v) is 3.30. The minimum absolute atomic E-state index is 0.126. The Balaban J connectivity index is 1.54. The average Bonchev–Trinajstić information content (AvgIpc) is 3.19. The molecule has 1 aliphatic rings. The molecule has 27 heavy (non-hydrogen) atoms. The van der Waals surface area contributed by atoms with Gasteiger partial charge >= 0.3 is 11.9 Å². The number of rotatable bonds is 3. The van der Waals surface area contributed by atoms with E-state index in [1.807, 2.05) is 0 Å². The number of alkyl halides is 3. The number of hydrogen-bond donors (Lipinski definition) is 1. The zero-order valence-electron chi connectivity index (χ0n) is 14.5. The highest BCUT2D eigenvalue weighted by Crippen LogP contribution is 2.31. The zero-order chi connectivity index (χ0) is 19.2. The van der Waals surface area contributed by atoms with Crippen LogP contribution in [0.15, 0.2) is 35.3 Å². The van der Waals surface area contributed by atoms with E-state index in [0.717, 1.165) is 17.7 Å². The average molecular weight is 378 g/mol. The minimum atomic E-state index is -4.36. The number of H-pyrrole nitrogens is 1. The Morgan fingerprint density at radius 2 is 1.93 bits per heavy atom. The zero-order valence-corrected chi connectivity index (χ0v) is 14.5. The van der Waals surface area contributed by atoms with Crippen molar-refractivity contribution in [2.75, 3.05) is 6.54 Å². The van der Waals surface area contributed by atoms with Crippen LogP contribution in [0.2, 0.25) is 0 Å². The Bertz CT molecular complexity index is 1010. The van der Waals surface area contributed by atoms with Crippen molar-refractivity contribution in [3.63, 3.8) is 0 Å². The highest BCUT2D eigenvalue weighted by Gasteiger charge is 2.30. The number of benzene rings is 1. The molecular weight excluding hydrogens is 361 g/mol. The second-order valence-corrected chi connectivity index (χ2v) is 6.53. The standard InChI is InChI=1S/C17H17F3N6O/c1-24-16(27)26-7-6-25(10-14(26)23-24)9-12-8-21-22-15(12)11-2-4-13(5-3-11)17(18,19)20/h2-5,8H,6-7,9-10H2,1H3,(H,21,22). The van der Waals surface area contributed by atoms with Crippen molar-refractivity contribution in [3.8, 4) is 11.3 Å². The lowest BCUT2D eigenvalue weighted by molar-refractivity contribution is -0.137. The Labute approximate surface area is 152 Å². The van der Waals surface area contributed by atoms with E-state index in [1.54, 1.807) is 17.8 Å². The molecule has 1 N–H and O–H groups in total. The van der Waals surface area contributed by atoms with Crippen LogP contribution >= 0.6 is 0 Å². The summed E-state index contributed by atoms with van der Waals surface area (Å²) in [5, 5.41) is 11.2. The van der Waals surface area contributed by atoms with Crippen molar-refractivity contribution in [1.29, 1.82) is 0 Å². The van der Waals surface area contributed by atoms with Gasteiger partial charge in [0.25, 0.3) is 0 Å². The van der Waals surface area contributed by atoms with Crippen LogP contribution in [0.4, 0.5) is 13.2 Å². The van der Waals surface area contributed by atoms with Crippen LogP contribution in [0.25, 0.3) is 11.3 Å². The molecule has 1 aliphatic heterocycles. The fraction of sp³-hybridized carbons (Fsp3) is 0.353. The van der Waals surface area contributed by atoms with E-state index < -0.39 is 11.7 Å². The third kappa shape index (κ3) is 3.27. The normalized spacial score (nSPS) is 15.1. The largest absolute Gasteiger partial charge is 0.416 e. The smallest absolute Gasteiger partial charge is 0.290 e. The maximum atomic E-state index is 12.7. The van der Waals surface area contributed by atoms with Gasteiger partial charge in [-0.15, -0.1) is 0 Å². The van der Waals surface area contributed by atoms with Gasteiger partial charge in [0.15, 0.2) is 0 Å². The maximum absolute atomic E-state index is 12.7. The molecule has 0 spiro atoms. The van der Waals surface area contributed by atoms with E-state index in [2.05, 4.69) is 20.2 Å². The van der Waals surface area contributed by atoms with Gasteiger partial charge in [0, 0.05) is 32.2 Å². The molecule has 0 unspecified atom stereocenters. The van der Waals surface area contributed by atoms with E-state index >= 15 is 0 Å². The van der Waals surface area contributed by atoms with Crippen LogP contribution in [0.1, 0.15) is 17.0 Å². The van der Waals surface area contributed by atoms with Crippen molar-refractivity contribution < 1.29 is 13.2 Å². The highest BCUT2D eigenvalue weighted by molar-refractivity contribution is 5.63. The van der Waals surface area contributed by atoms with E-state index in [4.69, 9.17) is 0 Å². The van der Waals surface area contributed by atoms with Crippen LogP contribution in [-0.4, -0.2) is 36.0 Å². The summed E-state index contributed by atoms with van der Waals surface area (Å²) in [6, 6.07) is 5.00. The Hall–Kier alpha value is -2.88. The molecule has 0 saturated heterocycles. The van der Waals surface area contributed by atoms with Crippen molar-refractivity contribution in [1.82, 2.24) is 29.4 Å². The third-order valence-corrected chi connectivity index (χ3v) is 4.70. The molecule has 0 aliphatic carbocycles. The van der Waals surface area contributed by atoms with Crippen molar-refractivity contribution in [3.05, 3.63) is 57.9 Å². The summed E-state index contributed by atoms with van der Waals surface area (Å²) in [5.41, 5.74) is 1.39. The fourth-order valence-electron chi connectivity index (χ4n) is 3.30. The molecule has 3 aromatic rings. The van der Waals surface area contributed by atoms with E-state index in [9.17, 15) is 18.0 Å². The SMILES string of the molecule is Cn1nc2n(c1=O)CCN(Cc1cn[nH]c1-c1ccc(C(F)(F)F)cc1)C2. The molecular formula is C17H17F3N6O. The topological polar surface area (TPSA) is 71.7 Å². The predicted octanol–water partition coefficient (Wildman–Crippen LogP) is 2.01. The molecule has 1 aromatic carbocycles. The third-order valence-electron chi connectivity index (χ3n) is 4.70. The van der Waals surface area contributed by atoms with E-state index in [-0.39, 0.29) is 5.69 Å². The van der Waals surface area contributed by atoms with Crippen molar-refractivity contribution >= 4 is 0 Å². The maximum Gasteiger partial charge on any atom is 0.416 e. The highest BCUT2D eigenvalue weighted by atomic mass is 19.4. The summed E-state index contributed by atoms with van der Waals surface area (Å²) in [7, 11) is 1.62. The van der Waals surface area contributed by atoms with Crippen LogP contribution in [0.5, 0.6) is 0 Å². The van der Waals surface area contributed by atoms with E-state index in [1.165, 1.54) is 16.8 Å². The molecule has 0 saturated carbocycles. The molecule has 142 valence electrons. The molecule has 3 heterocycles. The molecule has 0 atom stereocenters. The molecule has 0 fully saturated rings. The van der Waals surface area contributed by atoms with Gasteiger partial charge in [-0.3, -0.25) is 14.6 Å². The Kier molecular flexibility index (Phi) is 4.14. The van der Waals surface area contributed by atoms with Gasteiger partial charge in [-0.25, -0.2) is 9.48 Å². The van der Waals surface area contributed by atoms with Gasteiger partial charge < -0.3 is 0 Å². The van der Waals surface area contributed by atoms with Gasteiger partial charge in [0.1, 0.15) is 5.82 Å². The number of halogens is 3. The molecule has 0 bridgehead atoms. The minimum Gasteiger partial charge on any atom is -0.290 e. The lowest BCUT2D eigenvalue weighted by atomic mass is 10.1. The van der Waals surface area contributed by atoms with Crippen molar-refractivity contribution in [2.45, 2.75) is 25.8 Å². The predicted molar refractivity (Wildman–Crippen MR) is 90.6 cm³/mol. The van der Waals surface area contributed by atoms with Gasteiger partial charge in [-0.05, 0) is 17.7 Å². The Morgan fingerprint density at radius 1 is 1.19 bits per heavy atom. The summed E-state index contributed by atoms with van der Waals surface area (Å²) in [4.78, 5) is 14.0. The number of hydrogen-bond acceptors (Lipinski definition) is 4. The van der Waals surface area contributed by atoms with Crippen molar-refractivity contribution in [2.24, 2.45) is 7.05 Å². The summed E-state index contributed by atoms with van der Waals surface area (Å²) in [5.74, 6) is 0.702. The molecule has 0 amide bonds. The molecule has 0 radical (unpaired) electrons. The van der Waals surface area contributed by atoms with Crippen LogP contribution in [0, 0.1) is 0 Å². The lowest BCUT2D eigenvalue weighted by Crippen LogP contribution is -2.37. The molecule has 10 heteroatoms. The Morgan fingerprint density at radius 3 is 2.63 bits per heavy atom. The summed E-state index contributed by atoms with van der Waals surface area (Å²) >= 11 is 0. The number of aromatic nitrogens is 5. The van der Waals surface area contributed by atoms with Crippen LogP contribution < -0.4 is 5.69 Å². The molecule has 4 rings (SSSR count). The summed E-state index contributed by atoms with van der Waals surface area (Å²) in [6.45, 7) is 2.30. The number of aromatic amines is 1.